The Hall–Kier alpha value is -1.39. The quantitative estimate of drug-likeness (QED) is 0.820. The third kappa shape index (κ3) is 4.04. The maximum absolute atomic E-state index is 11.3. The minimum Gasteiger partial charge on any atom is -0.328 e. The first-order valence-electron chi connectivity index (χ1n) is 6.90. The van der Waals surface area contributed by atoms with Gasteiger partial charge in [0.2, 0.25) is 5.91 Å². The molecule has 0 fully saturated rings. The molecule has 0 spiro atoms. The Morgan fingerprint density at radius 2 is 2.26 bits per heavy atom. The van der Waals surface area contributed by atoms with Gasteiger partial charge in [0, 0.05) is 18.3 Å². The van der Waals surface area contributed by atoms with Crippen LogP contribution in [0.4, 0.5) is 5.69 Å². The molecule has 0 radical (unpaired) electrons. The maximum atomic E-state index is 11.3. The van der Waals surface area contributed by atoms with E-state index < -0.39 is 0 Å². The predicted molar refractivity (Wildman–Crippen MR) is 78.0 cm³/mol. The second-order valence-electron chi connectivity index (χ2n) is 5.57. The molecule has 4 heteroatoms. The topological polar surface area (TPSA) is 58.4 Å². The maximum Gasteiger partial charge on any atom is 0.228 e. The van der Waals surface area contributed by atoms with Crippen molar-refractivity contribution in [1.29, 1.82) is 0 Å². The largest absolute Gasteiger partial charge is 0.328 e. The van der Waals surface area contributed by atoms with Crippen molar-refractivity contribution in [1.82, 2.24) is 4.90 Å². The molecular weight excluding hydrogens is 238 g/mol. The van der Waals surface area contributed by atoms with Crippen LogP contribution in [0.25, 0.3) is 0 Å². The highest BCUT2D eigenvalue weighted by Gasteiger charge is 2.17. The number of anilines is 1. The van der Waals surface area contributed by atoms with Crippen molar-refractivity contribution >= 4 is 11.6 Å². The van der Waals surface area contributed by atoms with Gasteiger partial charge in [0.05, 0.1) is 6.42 Å². The van der Waals surface area contributed by atoms with E-state index >= 15 is 0 Å². The predicted octanol–water partition coefficient (Wildman–Crippen LogP) is 1.74. The van der Waals surface area contributed by atoms with Crippen molar-refractivity contribution < 1.29 is 4.79 Å². The Morgan fingerprint density at radius 1 is 1.47 bits per heavy atom. The summed E-state index contributed by atoms with van der Waals surface area (Å²) in [6.07, 6.45) is 2.70. The van der Waals surface area contributed by atoms with Gasteiger partial charge in [0.1, 0.15) is 0 Å². The Bertz CT molecular complexity index is 457. The standard InChI is InChI=1S/C15H23N3O/c1-11(16)4-3-7-18(2)10-12-5-6-14-13(8-12)9-15(19)17-14/h5-6,8,11H,3-4,7,9-10,16H2,1-2H3,(H,17,19). The van der Waals surface area contributed by atoms with E-state index in [2.05, 4.69) is 29.4 Å². The van der Waals surface area contributed by atoms with E-state index in [-0.39, 0.29) is 11.9 Å². The van der Waals surface area contributed by atoms with Gasteiger partial charge in [-0.25, -0.2) is 0 Å². The number of rotatable bonds is 6. The van der Waals surface area contributed by atoms with Crippen LogP contribution in [0.5, 0.6) is 0 Å². The van der Waals surface area contributed by atoms with Gasteiger partial charge in [-0.1, -0.05) is 12.1 Å². The van der Waals surface area contributed by atoms with E-state index in [1.165, 1.54) is 5.56 Å². The third-order valence-corrected chi connectivity index (χ3v) is 3.45. The molecule has 1 amide bonds. The van der Waals surface area contributed by atoms with Crippen LogP contribution in [0.1, 0.15) is 30.9 Å². The first-order chi connectivity index (χ1) is 9.04. The first-order valence-corrected chi connectivity index (χ1v) is 6.90. The highest BCUT2D eigenvalue weighted by atomic mass is 16.1. The highest BCUT2D eigenvalue weighted by Crippen LogP contribution is 2.24. The monoisotopic (exact) mass is 261 g/mol. The molecule has 0 bridgehead atoms. The normalized spacial score (nSPS) is 15.5. The molecule has 0 saturated carbocycles. The zero-order valence-electron chi connectivity index (χ0n) is 11.8. The summed E-state index contributed by atoms with van der Waals surface area (Å²) in [6, 6.07) is 6.51. The molecule has 1 unspecified atom stereocenters. The van der Waals surface area contributed by atoms with Crippen molar-refractivity contribution in [2.75, 3.05) is 18.9 Å². The smallest absolute Gasteiger partial charge is 0.228 e. The van der Waals surface area contributed by atoms with Crippen LogP contribution in [-0.2, 0) is 17.8 Å². The number of nitrogens with zero attached hydrogens (tertiary/aromatic N) is 1. The van der Waals surface area contributed by atoms with Gasteiger partial charge >= 0.3 is 0 Å². The molecule has 0 saturated heterocycles. The van der Waals surface area contributed by atoms with E-state index in [1.54, 1.807) is 0 Å². The van der Waals surface area contributed by atoms with E-state index in [9.17, 15) is 4.79 Å². The zero-order chi connectivity index (χ0) is 13.8. The number of benzene rings is 1. The highest BCUT2D eigenvalue weighted by molar-refractivity contribution is 5.99. The molecule has 0 aliphatic carbocycles. The number of fused-ring (bicyclic) bond motifs is 1. The van der Waals surface area contributed by atoms with Gasteiger partial charge in [0.15, 0.2) is 0 Å². The van der Waals surface area contributed by atoms with Crippen LogP contribution < -0.4 is 11.1 Å². The molecule has 4 nitrogen and oxygen atoms in total. The lowest BCUT2D eigenvalue weighted by Crippen LogP contribution is -2.22. The third-order valence-electron chi connectivity index (χ3n) is 3.45. The number of hydrogen-bond acceptors (Lipinski definition) is 3. The average molecular weight is 261 g/mol. The number of nitrogens with one attached hydrogen (secondary N) is 1. The average Bonchev–Trinajstić information content (AvgIpc) is 2.67. The SMILES string of the molecule is CC(N)CCCN(C)Cc1ccc2c(c1)CC(=O)N2. The van der Waals surface area contributed by atoms with Crippen LogP contribution in [0.15, 0.2) is 18.2 Å². The Labute approximate surface area is 115 Å². The zero-order valence-corrected chi connectivity index (χ0v) is 11.8. The summed E-state index contributed by atoms with van der Waals surface area (Å²) in [5.41, 5.74) is 9.09. The van der Waals surface area contributed by atoms with Gasteiger partial charge in [0.25, 0.3) is 0 Å². The number of hydrogen-bond donors (Lipinski definition) is 2. The van der Waals surface area contributed by atoms with Crippen LogP contribution in [0, 0.1) is 0 Å². The van der Waals surface area contributed by atoms with Crippen molar-refractivity contribution in [3.8, 4) is 0 Å². The number of nitrogens with two attached hydrogens (primary N) is 1. The summed E-state index contributed by atoms with van der Waals surface area (Å²) in [6.45, 7) is 4.01. The number of carbonyl (C=O) groups excluding carboxylic acids is 1. The molecule has 104 valence electrons. The Morgan fingerprint density at radius 3 is 3.00 bits per heavy atom. The molecule has 3 N–H and O–H groups in total. The Balaban J connectivity index is 1.86. The van der Waals surface area contributed by atoms with Crippen LogP contribution in [-0.4, -0.2) is 30.4 Å². The molecule has 0 aromatic heterocycles. The second-order valence-corrected chi connectivity index (χ2v) is 5.57. The van der Waals surface area contributed by atoms with Crippen molar-refractivity contribution in [2.45, 2.75) is 38.8 Å². The summed E-state index contributed by atoms with van der Waals surface area (Å²) < 4.78 is 0. The van der Waals surface area contributed by atoms with E-state index in [0.29, 0.717) is 6.42 Å². The minimum absolute atomic E-state index is 0.0948. The van der Waals surface area contributed by atoms with E-state index in [1.807, 2.05) is 13.0 Å². The van der Waals surface area contributed by atoms with Gasteiger partial charge in [-0.2, -0.15) is 0 Å². The van der Waals surface area contributed by atoms with Gasteiger partial charge in [-0.3, -0.25) is 4.79 Å². The number of carbonyl (C=O) groups is 1. The lowest BCUT2D eigenvalue weighted by molar-refractivity contribution is -0.115. The molecule has 1 heterocycles. The molecule has 1 aliphatic rings. The molecule has 1 aromatic carbocycles. The molecular formula is C15H23N3O. The summed E-state index contributed by atoms with van der Waals surface area (Å²) in [5, 5.41) is 2.86. The van der Waals surface area contributed by atoms with E-state index in [4.69, 9.17) is 5.73 Å². The molecule has 1 aliphatic heterocycles. The summed E-state index contributed by atoms with van der Waals surface area (Å²) in [4.78, 5) is 13.6. The molecule has 1 atom stereocenters. The summed E-state index contributed by atoms with van der Waals surface area (Å²) in [7, 11) is 2.12. The molecule has 19 heavy (non-hydrogen) atoms. The van der Waals surface area contributed by atoms with Crippen LogP contribution in [0.3, 0.4) is 0 Å². The fraction of sp³-hybridized carbons (Fsp3) is 0.533. The lowest BCUT2D eigenvalue weighted by atomic mass is 10.1. The van der Waals surface area contributed by atoms with Crippen LogP contribution >= 0.6 is 0 Å². The van der Waals surface area contributed by atoms with E-state index in [0.717, 1.165) is 37.2 Å². The van der Waals surface area contributed by atoms with Crippen molar-refractivity contribution in [2.24, 2.45) is 5.73 Å². The summed E-state index contributed by atoms with van der Waals surface area (Å²) in [5.74, 6) is 0.0948. The van der Waals surface area contributed by atoms with Gasteiger partial charge < -0.3 is 16.0 Å². The second kappa shape index (κ2) is 6.17. The van der Waals surface area contributed by atoms with Gasteiger partial charge in [-0.15, -0.1) is 0 Å². The fourth-order valence-electron chi connectivity index (χ4n) is 2.45. The lowest BCUT2D eigenvalue weighted by Gasteiger charge is -2.17. The van der Waals surface area contributed by atoms with Crippen LogP contribution in [0.2, 0.25) is 0 Å². The van der Waals surface area contributed by atoms with Crippen molar-refractivity contribution in [3.63, 3.8) is 0 Å². The summed E-state index contributed by atoms with van der Waals surface area (Å²) >= 11 is 0. The fourth-order valence-corrected chi connectivity index (χ4v) is 2.45. The Kier molecular flexibility index (Phi) is 4.56. The van der Waals surface area contributed by atoms with Gasteiger partial charge in [-0.05, 0) is 50.6 Å². The minimum atomic E-state index is 0.0948. The number of amides is 1. The first kappa shape index (κ1) is 14.0. The molecule has 1 aromatic rings. The van der Waals surface area contributed by atoms with Crippen molar-refractivity contribution in [3.05, 3.63) is 29.3 Å². The molecule has 2 rings (SSSR count).